The van der Waals surface area contributed by atoms with Gasteiger partial charge in [-0.3, -0.25) is 9.59 Å². The fourth-order valence-electron chi connectivity index (χ4n) is 3.34. The molecule has 34 heavy (non-hydrogen) atoms. The Kier molecular flexibility index (Phi) is 7.10. The summed E-state index contributed by atoms with van der Waals surface area (Å²) in [6, 6.07) is 28.5. The first-order chi connectivity index (χ1) is 16.6. The van der Waals surface area contributed by atoms with Gasteiger partial charge in [-0.15, -0.1) is 0 Å². The second-order valence-electron chi connectivity index (χ2n) is 7.66. The summed E-state index contributed by atoms with van der Waals surface area (Å²) in [5.41, 5.74) is 10.8. The van der Waals surface area contributed by atoms with Crippen LogP contribution in [0.3, 0.4) is 0 Å². The molecule has 3 aromatic carbocycles. The minimum Gasteiger partial charge on any atom is -0.384 e. The Morgan fingerprint density at radius 3 is 2.26 bits per heavy atom. The molecule has 4 aromatic rings. The number of pyridine rings is 1. The van der Waals surface area contributed by atoms with E-state index >= 15 is 0 Å². The van der Waals surface area contributed by atoms with Crippen molar-refractivity contribution in [1.82, 2.24) is 10.3 Å². The average Bonchev–Trinajstić information content (AvgIpc) is 2.87. The van der Waals surface area contributed by atoms with Gasteiger partial charge >= 0.3 is 0 Å². The molecule has 1 aromatic heterocycles. The molecule has 4 N–H and O–H groups in total. The number of carbonyl (C=O) groups excluding carboxylic acids is 2. The number of hydrogen-bond donors (Lipinski definition) is 3. The van der Waals surface area contributed by atoms with Gasteiger partial charge in [0.15, 0.2) is 0 Å². The number of hydrogen-bond acceptors (Lipinski definition) is 4. The summed E-state index contributed by atoms with van der Waals surface area (Å²) in [5, 5.41) is 5.63. The van der Waals surface area contributed by atoms with Gasteiger partial charge in [-0.2, -0.15) is 0 Å². The van der Waals surface area contributed by atoms with Gasteiger partial charge < -0.3 is 16.4 Å². The van der Waals surface area contributed by atoms with Crippen LogP contribution in [0.5, 0.6) is 0 Å². The van der Waals surface area contributed by atoms with Crippen molar-refractivity contribution in [2.24, 2.45) is 0 Å². The summed E-state index contributed by atoms with van der Waals surface area (Å²) in [4.78, 5) is 28.5. The zero-order chi connectivity index (χ0) is 23.8. The predicted molar refractivity (Wildman–Crippen MR) is 136 cm³/mol. The van der Waals surface area contributed by atoms with Crippen molar-refractivity contribution in [1.29, 1.82) is 0 Å². The minimum absolute atomic E-state index is 0.191. The van der Waals surface area contributed by atoms with Gasteiger partial charge in [-0.05, 0) is 46.5 Å². The monoisotopic (exact) mass is 448 g/mol. The molecule has 4 rings (SSSR count). The molecular weight excluding hydrogens is 424 g/mol. The third-order valence-corrected chi connectivity index (χ3v) is 5.17. The van der Waals surface area contributed by atoms with Crippen molar-refractivity contribution in [3.8, 4) is 11.1 Å². The highest BCUT2D eigenvalue weighted by atomic mass is 16.2. The van der Waals surface area contributed by atoms with Crippen LogP contribution in [0.2, 0.25) is 0 Å². The van der Waals surface area contributed by atoms with Crippen molar-refractivity contribution in [2.45, 2.75) is 6.54 Å². The SMILES string of the molecule is Nc1cc(NC(=O)c2ccc(CNC(=O)C=Cc3ccc(-c4ccccc4)cc3)cc2)ccn1. The van der Waals surface area contributed by atoms with Gasteiger partial charge in [0.05, 0.1) is 0 Å². The van der Waals surface area contributed by atoms with Crippen LogP contribution < -0.4 is 16.4 Å². The number of amides is 2. The molecule has 0 aliphatic heterocycles. The van der Waals surface area contributed by atoms with Crippen LogP contribution in [0.1, 0.15) is 21.5 Å². The van der Waals surface area contributed by atoms with E-state index in [9.17, 15) is 9.59 Å². The van der Waals surface area contributed by atoms with E-state index in [1.54, 1.807) is 30.3 Å². The summed E-state index contributed by atoms with van der Waals surface area (Å²) in [6.45, 7) is 0.360. The summed E-state index contributed by atoms with van der Waals surface area (Å²) >= 11 is 0. The predicted octanol–water partition coefficient (Wildman–Crippen LogP) is 4.91. The third-order valence-electron chi connectivity index (χ3n) is 5.17. The van der Waals surface area contributed by atoms with Gasteiger partial charge in [-0.25, -0.2) is 4.98 Å². The molecule has 0 radical (unpaired) electrons. The maximum atomic E-state index is 12.4. The number of carbonyl (C=O) groups is 2. The zero-order valence-corrected chi connectivity index (χ0v) is 18.4. The van der Waals surface area contributed by atoms with Crippen molar-refractivity contribution < 1.29 is 9.59 Å². The lowest BCUT2D eigenvalue weighted by Gasteiger charge is -2.07. The van der Waals surface area contributed by atoms with Gasteiger partial charge in [0, 0.05) is 36.1 Å². The van der Waals surface area contributed by atoms with Crippen LogP contribution in [-0.2, 0) is 11.3 Å². The van der Waals surface area contributed by atoms with E-state index in [0.29, 0.717) is 23.6 Å². The number of nitrogen functional groups attached to an aromatic ring is 1. The van der Waals surface area contributed by atoms with Crippen LogP contribution in [0.25, 0.3) is 17.2 Å². The smallest absolute Gasteiger partial charge is 0.255 e. The Balaban J connectivity index is 1.27. The lowest BCUT2D eigenvalue weighted by atomic mass is 10.0. The second kappa shape index (κ2) is 10.7. The average molecular weight is 449 g/mol. The molecule has 0 aliphatic rings. The van der Waals surface area contributed by atoms with Crippen molar-refractivity contribution >= 4 is 29.4 Å². The molecule has 6 heteroatoms. The normalized spacial score (nSPS) is 10.7. The van der Waals surface area contributed by atoms with Crippen LogP contribution in [0, 0.1) is 0 Å². The molecule has 0 aliphatic carbocycles. The number of rotatable bonds is 7. The Labute approximate surface area is 198 Å². The summed E-state index contributed by atoms with van der Waals surface area (Å²) in [7, 11) is 0. The maximum absolute atomic E-state index is 12.4. The number of nitrogens with one attached hydrogen (secondary N) is 2. The molecule has 0 spiro atoms. The van der Waals surface area contributed by atoms with E-state index in [4.69, 9.17) is 5.73 Å². The first-order valence-corrected chi connectivity index (χ1v) is 10.8. The maximum Gasteiger partial charge on any atom is 0.255 e. The molecule has 0 saturated carbocycles. The molecule has 0 atom stereocenters. The molecule has 0 unspecified atom stereocenters. The zero-order valence-electron chi connectivity index (χ0n) is 18.4. The van der Waals surface area contributed by atoms with Crippen LogP contribution in [0.15, 0.2) is 103 Å². The molecule has 0 bridgehead atoms. The lowest BCUT2D eigenvalue weighted by Crippen LogP contribution is -2.20. The van der Waals surface area contributed by atoms with E-state index in [0.717, 1.165) is 22.3 Å². The van der Waals surface area contributed by atoms with Gasteiger partial charge in [0.1, 0.15) is 5.82 Å². The summed E-state index contributed by atoms with van der Waals surface area (Å²) < 4.78 is 0. The number of nitrogens with zero attached hydrogens (tertiary/aromatic N) is 1. The number of benzene rings is 3. The van der Waals surface area contributed by atoms with E-state index in [2.05, 4.69) is 27.8 Å². The first-order valence-electron chi connectivity index (χ1n) is 10.8. The first kappa shape index (κ1) is 22.5. The summed E-state index contributed by atoms with van der Waals surface area (Å²) in [6.07, 6.45) is 4.83. The number of aromatic nitrogens is 1. The van der Waals surface area contributed by atoms with Crippen LogP contribution in [0.4, 0.5) is 11.5 Å². The van der Waals surface area contributed by atoms with Crippen molar-refractivity contribution in [3.05, 3.63) is 120 Å². The molecule has 168 valence electrons. The highest BCUT2D eigenvalue weighted by Gasteiger charge is 2.07. The molecular formula is C28H24N4O2. The fraction of sp³-hybridized carbons (Fsp3) is 0.0357. The van der Waals surface area contributed by atoms with Crippen molar-refractivity contribution in [3.63, 3.8) is 0 Å². The van der Waals surface area contributed by atoms with Crippen LogP contribution in [-0.4, -0.2) is 16.8 Å². The van der Waals surface area contributed by atoms with Gasteiger partial charge in [0.25, 0.3) is 5.91 Å². The second-order valence-corrected chi connectivity index (χ2v) is 7.66. The van der Waals surface area contributed by atoms with Gasteiger partial charge in [-0.1, -0.05) is 66.7 Å². The number of anilines is 2. The molecule has 2 amide bonds. The number of nitrogens with two attached hydrogens (primary N) is 1. The van der Waals surface area contributed by atoms with E-state index in [1.165, 1.54) is 12.3 Å². The van der Waals surface area contributed by atoms with Crippen molar-refractivity contribution in [2.75, 3.05) is 11.1 Å². The Hall–Kier alpha value is -4.71. The molecule has 0 fully saturated rings. The van der Waals surface area contributed by atoms with E-state index in [-0.39, 0.29) is 11.8 Å². The quantitative estimate of drug-likeness (QED) is 0.350. The molecule has 0 saturated heterocycles. The highest BCUT2D eigenvalue weighted by Crippen LogP contribution is 2.19. The molecule has 1 heterocycles. The standard InChI is InChI=1S/C28H24N4O2/c29-26-18-25(16-17-30-26)32-28(34)24-13-8-21(9-14-24)19-31-27(33)15-10-20-6-11-23(12-7-20)22-4-2-1-3-5-22/h1-18H,19H2,(H,31,33)(H3,29,30,32,34). The van der Waals surface area contributed by atoms with E-state index < -0.39 is 0 Å². The van der Waals surface area contributed by atoms with Crippen LogP contribution >= 0.6 is 0 Å². The fourth-order valence-corrected chi connectivity index (χ4v) is 3.34. The molecule has 6 nitrogen and oxygen atoms in total. The Bertz CT molecular complexity index is 1300. The van der Waals surface area contributed by atoms with Gasteiger partial charge in [0.2, 0.25) is 5.91 Å². The largest absolute Gasteiger partial charge is 0.384 e. The Morgan fingerprint density at radius 1 is 0.853 bits per heavy atom. The van der Waals surface area contributed by atoms with E-state index in [1.807, 2.05) is 54.6 Å². The summed E-state index contributed by atoms with van der Waals surface area (Å²) in [5.74, 6) is -0.103. The minimum atomic E-state index is -0.248. The highest BCUT2D eigenvalue weighted by molar-refractivity contribution is 6.04. The third kappa shape index (κ3) is 6.17. The topological polar surface area (TPSA) is 97.1 Å². The lowest BCUT2D eigenvalue weighted by molar-refractivity contribution is -0.116. The Morgan fingerprint density at radius 2 is 1.56 bits per heavy atom.